The van der Waals surface area contributed by atoms with Crippen molar-refractivity contribution >= 4 is 51.5 Å². The Labute approximate surface area is 228 Å². The molecule has 1 N–H and O–H groups in total. The first kappa shape index (κ1) is 27.9. The lowest BCUT2D eigenvalue weighted by molar-refractivity contribution is 0.459. The van der Waals surface area contributed by atoms with E-state index in [1.54, 1.807) is 6.07 Å². The Bertz CT molecular complexity index is 1440. The Balaban J connectivity index is 1.87. The SMILES string of the molecule is CC(C)(C)[S+]([O-])NC(Cc1nc(Br)cc([Si](C)(C)C)c1F)c1ccccc1-c1noc2ccc(F)cc12. The number of hydrogen-bond acceptors (Lipinski definition) is 5. The molecule has 0 aliphatic carbocycles. The van der Waals surface area contributed by atoms with Gasteiger partial charge in [0.05, 0.1) is 25.2 Å². The molecule has 0 saturated carbocycles. The van der Waals surface area contributed by atoms with Gasteiger partial charge in [-0.25, -0.2) is 13.8 Å². The summed E-state index contributed by atoms with van der Waals surface area (Å²) >= 11 is 1.99. The van der Waals surface area contributed by atoms with Crippen LogP contribution in [0.5, 0.6) is 0 Å². The number of aromatic nitrogens is 2. The third-order valence-corrected chi connectivity index (χ3v) is 10.0. The molecule has 0 amide bonds. The van der Waals surface area contributed by atoms with Crippen molar-refractivity contribution in [3.8, 4) is 11.3 Å². The van der Waals surface area contributed by atoms with E-state index in [-0.39, 0.29) is 17.9 Å². The van der Waals surface area contributed by atoms with Crippen molar-refractivity contribution in [3.63, 3.8) is 0 Å². The molecule has 2 unspecified atom stereocenters. The molecule has 2 aromatic heterocycles. The summed E-state index contributed by atoms with van der Waals surface area (Å²) in [6.07, 6.45) is 0.145. The van der Waals surface area contributed by atoms with E-state index in [2.05, 4.69) is 50.4 Å². The van der Waals surface area contributed by atoms with Crippen LogP contribution < -0.4 is 9.91 Å². The van der Waals surface area contributed by atoms with Crippen molar-refractivity contribution in [1.82, 2.24) is 14.9 Å². The first-order chi connectivity index (χ1) is 17.3. The van der Waals surface area contributed by atoms with E-state index in [9.17, 15) is 8.94 Å². The van der Waals surface area contributed by atoms with Gasteiger partial charge in [-0.2, -0.15) is 0 Å². The number of hydrogen-bond donors (Lipinski definition) is 1. The van der Waals surface area contributed by atoms with Gasteiger partial charge in [0.25, 0.3) is 0 Å². The van der Waals surface area contributed by atoms with Crippen LogP contribution in [0.15, 0.2) is 57.7 Å². The number of fused-ring (bicyclic) bond motifs is 1. The molecule has 2 atom stereocenters. The van der Waals surface area contributed by atoms with E-state index in [1.807, 2.05) is 45.0 Å². The molecule has 0 saturated heterocycles. The molecule has 4 rings (SSSR count). The lowest BCUT2D eigenvalue weighted by Crippen LogP contribution is -2.43. The Hall–Kier alpha value is -2.11. The maximum Gasteiger partial charge on any atom is 0.167 e. The summed E-state index contributed by atoms with van der Waals surface area (Å²) in [5, 5.41) is 5.42. The van der Waals surface area contributed by atoms with E-state index in [1.165, 1.54) is 18.2 Å². The van der Waals surface area contributed by atoms with E-state index in [4.69, 9.17) is 4.52 Å². The second-order valence-corrected chi connectivity index (χ2v) is 18.9. The minimum Gasteiger partial charge on any atom is -0.598 e. The highest BCUT2D eigenvalue weighted by Gasteiger charge is 2.33. The van der Waals surface area contributed by atoms with Crippen molar-refractivity contribution in [1.29, 1.82) is 0 Å². The maximum absolute atomic E-state index is 15.8. The van der Waals surface area contributed by atoms with Gasteiger partial charge >= 0.3 is 0 Å². The lowest BCUT2D eigenvalue weighted by atomic mass is 9.94. The monoisotopic (exact) mass is 605 g/mol. The molecule has 196 valence electrons. The first-order valence-electron chi connectivity index (χ1n) is 11.9. The van der Waals surface area contributed by atoms with Gasteiger partial charge < -0.3 is 9.08 Å². The van der Waals surface area contributed by atoms with Gasteiger partial charge in [0.1, 0.15) is 26.7 Å². The number of pyridine rings is 1. The summed E-state index contributed by atoms with van der Waals surface area (Å²) in [6, 6.07) is 12.8. The topological polar surface area (TPSA) is 74.0 Å². The molecule has 4 aromatic rings. The van der Waals surface area contributed by atoms with Crippen molar-refractivity contribution in [2.75, 3.05) is 0 Å². The Morgan fingerprint density at radius 2 is 1.81 bits per heavy atom. The van der Waals surface area contributed by atoms with Gasteiger partial charge in [0.2, 0.25) is 0 Å². The average molecular weight is 607 g/mol. The average Bonchev–Trinajstić information content (AvgIpc) is 3.22. The van der Waals surface area contributed by atoms with Crippen LogP contribution in [0.1, 0.15) is 38.1 Å². The van der Waals surface area contributed by atoms with E-state index >= 15 is 4.39 Å². The molecular formula is C27H30BrF2N3O2SSi. The standard InChI is InChI=1S/C27H30BrF2N3O2SSi/c1-27(2,3)36(34)33-20(14-21-25(30)23(37(4,5)6)15-24(28)31-21)17-9-7-8-10-18(17)26-19-13-16(29)11-12-22(19)35-32-26/h7-13,15,20,33H,14H2,1-6H3. The molecule has 0 radical (unpaired) electrons. The molecule has 2 heterocycles. The number of nitrogens with zero attached hydrogens (tertiary/aromatic N) is 2. The molecule has 5 nitrogen and oxygen atoms in total. The molecule has 0 spiro atoms. The minimum absolute atomic E-state index is 0.145. The summed E-state index contributed by atoms with van der Waals surface area (Å²) in [5.74, 6) is -0.737. The molecule has 37 heavy (non-hydrogen) atoms. The minimum atomic E-state index is -2.01. The number of halogens is 3. The Morgan fingerprint density at radius 3 is 2.49 bits per heavy atom. The van der Waals surface area contributed by atoms with Crippen LogP contribution in [-0.2, 0) is 17.8 Å². The van der Waals surface area contributed by atoms with Crippen molar-refractivity contribution in [3.05, 3.63) is 76.0 Å². The maximum atomic E-state index is 15.8. The molecule has 10 heteroatoms. The predicted octanol–water partition coefficient (Wildman–Crippen LogP) is 6.81. The first-order valence-corrected chi connectivity index (χ1v) is 17.4. The van der Waals surface area contributed by atoms with Gasteiger partial charge in [-0.1, -0.05) is 49.1 Å². The highest BCUT2D eigenvalue weighted by atomic mass is 79.9. The molecule has 0 aliphatic rings. The van der Waals surface area contributed by atoms with Crippen LogP contribution in [0.25, 0.3) is 22.2 Å². The third kappa shape index (κ3) is 6.14. The Morgan fingerprint density at radius 1 is 1.11 bits per heavy atom. The molecule has 0 bridgehead atoms. The summed E-state index contributed by atoms with van der Waals surface area (Å²) in [5.41, 5.74) is 2.60. The second kappa shape index (κ2) is 10.6. The summed E-state index contributed by atoms with van der Waals surface area (Å²) in [4.78, 5) is 4.48. The fraction of sp³-hybridized carbons (Fsp3) is 0.333. The second-order valence-electron chi connectivity index (χ2n) is 11.0. The summed E-state index contributed by atoms with van der Waals surface area (Å²) < 4.78 is 51.8. The smallest absolute Gasteiger partial charge is 0.167 e. The van der Waals surface area contributed by atoms with Crippen LogP contribution >= 0.6 is 15.9 Å². The van der Waals surface area contributed by atoms with E-state index < -0.39 is 36.0 Å². The molecule has 2 aromatic carbocycles. The van der Waals surface area contributed by atoms with Gasteiger partial charge in [-0.3, -0.25) is 0 Å². The number of rotatable bonds is 7. The molecule has 0 aliphatic heterocycles. The van der Waals surface area contributed by atoms with Crippen molar-refractivity contribution < 1.29 is 17.9 Å². The van der Waals surface area contributed by atoms with Gasteiger partial charge in [-0.05, 0) is 71.7 Å². The summed E-state index contributed by atoms with van der Waals surface area (Å²) in [7, 11) is -2.01. The Kier molecular flexibility index (Phi) is 7.97. The third-order valence-electron chi connectivity index (χ3n) is 6.03. The largest absolute Gasteiger partial charge is 0.598 e. The van der Waals surface area contributed by atoms with Crippen LogP contribution in [0.2, 0.25) is 19.6 Å². The van der Waals surface area contributed by atoms with Gasteiger partial charge in [0, 0.05) is 23.3 Å². The molecule has 0 fully saturated rings. The van der Waals surface area contributed by atoms with Crippen molar-refractivity contribution in [2.45, 2.75) is 57.6 Å². The quantitative estimate of drug-likeness (QED) is 0.142. The highest BCUT2D eigenvalue weighted by molar-refractivity contribution is 9.10. The highest BCUT2D eigenvalue weighted by Crippen LogP contribution is 2.35. The zero-order chi connectivity index (χ0) is 27.1. The van der Waals surface area contributed by atoms with Gasteiger partial charge in [0.15, 0.2) is 5.58 Å². The lowest BCUT2D eigenvalue weighted by Gasteiger charge is -2.29. The van der Waals surface area contributed by atoms with Crippen LogP contribution in [0.3, 0.4) is 0 Å². The summed E-state index contributed by atoms with van der Waals surface area (Å²) in [6.45, 7) is 11.8. The number of benzene rings is 2. The van der Waals surface area contributed by atoms with E-state index in [0.717, 1.165) is 5.56 Å². The van der Waals surface area contributed by atoms with Crippen LogP contribution in [0.4, 0.5) is 8.78 Å². The van der Waals surface area contributed by atoms with Gasteiger partial charge in [-0.15, -0.1) is 4.72 Å². The molecular weight excluding hydrogens is 576 g/mol. The normalized spacial score (nSPS) is 14.2. The van der Waals surface area contributed by atoms with Crippen LogP contribution in [0, 0.1) is 11.6 Å². The number of nitrogens with one attached hydrogen (secondary N) is 1. The zero-order valence-corrected chi connectivity index (χ0v) is 25.1. The fourth-order valence-electron chi connectivity index (χ4n) is 4.07. The fourth-order valence-corrected chi connectivity index (χ4v) is 6.91. The predicted molar refractivity (Wildman–Crippen MR) is 152 cm³/mol. The van der Waals surface area contributed by atoms with Crippen LogP contribution in [-0.4, -0.2) is 27.5 Å². The van der Waals surface area contributed by atoms with Crippen molar-refractivity contribution in [2.24, 2.45) is 0 Å². The zero-order valence-electron chi connectivity index (χ0n) is 21.7. The van der Waals surface area contributed by atoms with E-state index in [0.29, 0.717) is 32.0 Å².